The third kappa shape index (κ3) is 4.87. The lowest BCUT2D eigenvalue weighted by Crippen LogP contribution is -2.39. The second-order valence-corrected chi connectivity index (χ2v) is 7.19. The average molecular weight is 395 g/mol. The van der Waals surface area contributed by atoms with Gasteiger partial charge >= 0.3 is 0 Å². The average Bonchev–Trinajstić information content (AvgIpc) is 3.03. The fourth-order valence-electron chi connectivity index (χ4n) is 3.39. The van der Waals surface area contributed by atoms with E-state index in [0.29, 0.717) is 0 Å². The van der Waals surface area contributed by atoms with Gasteiger partial charge in [-0.15, -0.1) is 10.2 Å². The molecule has 3 rings (SSSR count). The largest absolute Gasteiger partial charge is 0.364 e. The van der Waals surface area contributed by atoms with E-state index in [4.69, 9.17) is 5.73 Å². The van der Waals surface area contributed by atoms with E-state index >= 15 is 0 Å². The molecule has 5 N–H and O–H groups in total. The first-order valence-electron chi connectivity index (χ1n) is 9.45. The van der Waals surface area contributed by atoms with Gasteiger partial charge in [-0.2, -0.15) is 4.98 Å². The van der Waals surface area contributed by atoms with E-state index in [1.165, 1.54) is 6.08 Å². The lowest BCUT2D eigenvalue weighted by Gasteiger charge is -2.22. The highest BCUT2D eigenvalue weighted by Crippen LogP contribution is 2.28. The van der Waals surface area contributed by atoms with Crippen molar-refractivity contribution in [2.75, 3.05) is 10.6 Å². The number of primary amides is 1. The number of benzene rings is 1. The SMILES string of the molecule is C=CC(=O)NC1CC[C@@H](Nc2nnc(C(N)=O)c(Nc3ccc(C)cc3)n2)[C@H]1C. The minimum Gasteiger partial charge on any atom is -0.364 e. The molecular weight excluding hydrogens is 370 g/mol. The summed E-state index contributed by atoms with van der Waals surface area (Å²) in [6, 6.07) is 7.73. The fourth-order valence-corrected chi connectivity index (χ4v) is 3.39. The van der Waals surface area contributed by atoms with E-state index in [2.05, 4.69) is 44.6 Å². The molecule has 0 bridgehead atoms. The van der Waals surface area contributed by atoms with Gasteiger partial charge in [0.05, 0.1) is 0 Å². The molecule has 1 aromatic heterocycles. The summed E-state index contributed by atoms with van der Waals surface area (Å²) in [4.78, 5) is 27.7. The van der Waals surface area contributed by atoms with Gasteiger partial charge in [-0.25, -0.2) is 0 Å². The van der Waals surface area contributed by atoms with Crippen LogP contribution >= 0.6 is 0 Å². The normalized spacial score (nSPS) is 20.7. The Morgan fingerprint density at radius 2 is 1.86 bits per heavy atom. The number of aryl methyl sites for hydroxylation is 1. The molecule has 1 heterocycles. The van der Waals surface area contributed by atoms with Gasteiger partial charge in [0.25, 0.3) is 5.91 Å². The number of nitrogens with zero attached hydrogens (tertiary/aromatic N) is 3. The maximum Gasteiger partial charge on any atom is 0.273 e. The van der Waals surface area contributed by atoms with Crippen LogP contribution < -0.4 is 21.7 Å². The van der Waals surface area contributed by atoms with Crippen LogP contribution in [0.5, 0.6) is 0 Å². The van der Waals surface area contributed by atoms with E-state index in [9.17, 15) is 9.59 Å². The number of aromatic nitrogens is 3. The van der Waals surface area contributed by atoms with Crippen LogP contribution in [-0.2, 0) is 4.79 Å². The zero-order chi connectivity index (χ0) is 21.0. The van der Waals surface area contributed by atoms with Crippen molar-refractivity contribution in [2.45, 2.75) is 38.8 Å². The summed E-state index contributed by atoms with van der Waals surface area (Å²) in [5, 5.41) is 17.2. The topological polar surface area (TPSA) is 135 Å². The predicted octanol–water partition coefficient (Wildman–Crippen LogP) is 1.90. The number of nitrogens with one attached hydrogen (secondary N) is 3. The van der Waals surface area contributed by atoms with Gasteiger partial charge in [0.1, 0.15) is 0 Å². The summed E-state index contributed by atoms with van der Waals surface area (Å²) >= 11 is 0. The Hall–Kier alpha value is -3.49. The first kappa shape index (κ1) is 20.2. The monoisotopic (exact) mass is 395 g/mol. The van der Waals surface area contributed by atoms with Gasteiger partial charge in [0.15, 0.2) is 11.5 Å². The summed E-state index contributed by atoms with van der Waals surface area (Å²) < 4.78 is 0. The van der Waals surface area contributed by atoms with Crippen LogP contribution in [-0.4, -0.2) is 39.1 Å². The molecule has 29 heavy (non-hydrogen) atoms. The number of anilines is 3. The van der Waals surface area contributed by atoms with Gasteiger partial charge in [-0.1, -0.05) is 31.2 Å². The highest BCUT2D eigenvalue weighted by Gasteiger charge is 2.34. The maximum atomic E-state index is 11.7. The Bertz CT molecular complexity index is 914. The first-order valence-corrected chi connectivity index (χ1v) is 9.45. The number of hydrogen-bond acceptors (Lipinski definition) is 7. The third-order valence-corrected chi connectivity index (χ3v) is 5.12. The molecule has 0 aliphatic heterocycles. The molecule has 2 amide bonds. The zero-order valence-electron chi connectivity index (χ0n) is 16.5. The second-order valence-electron chi connectivity index (χ2n) is 7.19. The highest BCUT2D eigenvalue weighted by atomic mass is 16.2. The van der Waals surface area contributed by atoms with Crippen LogP contribution in [0.25, 0.3) is 0 Å². The van der Waals surface area contributed by atoms with Crippen LogP contribution in [0.1, 0.15) is 35.8 Å². The Morgan fingerprint density at radius 1 is 1.17 bits per heavy atom. The summed E-state index contributed by atoms with van der Waals surface area (Å²) in [7, 11) is 0. The number of carbonyl (C=O) groups is 2. The van der Waals surface area contributed by atoms with Crippen molar-refractivity contribution in [3.63, 3.8) is 0 Å². The molecule has 3 atom stereocenters. The van der Waals surface area contributed by atoms with Crippen LogP contribution in [0.3, 0.4) is 0 Å². The lowest BCUT2D eigenvalue weighted by molar-refractivity contribution is -0.117. The highest BCUT2D eigenvalue weighted by molar-refractivity contribution is 5.96. The Labute approximate surface area is 169 Å². The molecule has 9 nitrogen and oxygen atoms in total. The van der Waals surface area contributed by atoms with Crippen LogP contribution in [0.15, 0.2) is 36.9 Å². The quantitative estimate of drug-likeness (QED) is 0.526. The van der Waals surface area contributed by atoms with Crippen molar-refractivity contribution in [3.05, 3.63) is 48.2 Å². The minimum atomic E-state index is -0.715. The summed E-state index contributed by atoms with van der Waals surface area (Å²) in [6.07, 6.45) is 2.94. The van der Waals surface area contributed by atoms with Gasteiger partial charge in [0, 0.05) is 17.8 Å². The van der Waals surface area contributed by atoms with Crippen LogP contribution in [0.2, 0.25) is 0 Å². The number of amides is 2. The van der Waals surface area contributed by atoms with Crippen LogP contribution in [0, 0.1) is 12.8 Å². The molecule has 2 aromatic rings. The Kier molecular flexibility index (Phi) is 6.06. The third-order valence-electron chi connectivity index (χ3n) is 5.12. The molecule has 0 saturated heterocycles. The minimum absolute atomic E-state index is 0.0354. The van der Waals surface area contributed by atoms with E-state index in [1.54, 1.807) is 0 Å². The molecule has 1 aromatic carbocycles. The number of rotatable bonds is 7. The van der Waals surface area contributed by atoms with Gasteiger partial charge < -0.3 is 21.7 Å². The lowest BCUT2D eigenvalue weighted by atomic mass is 10.0. The van der Waals surface area contributed by atoms with Crippen molar-refractivity contribution in [2.24, 2.45) is 11.7 Å². The zero-order valence-corrected chi connectivity index (χ0v) is 16.5. The molecule has 1 unspecified atom stereocenters. The van der Waals surface area contributed by atoms with Gasteiger partial charge in [0.2, 0.25) is 11.9 Å². The van der Waals surface area contributed by atoms with E-state index in [-0.39, 0.29) is 41.4 Å². The number of carbonyl (C=O) groups excluding carboxylic acids is 2. The van der Waals surface area contributed by atoms with Crippen LogP contribution in [0.4, 0.5) is 17.5 Å². The van der Waals surface area contributed by atoms with Crippen molar-refractivity contribution in [3.8, 4) is 0 Å². The summed E-state index contributed by atoms with van der Waals surface area (Å²) in [6.45, 7) is 7.52. The second kappa shape index (κ2) is 8.68. The standard InChI is InChI=1S/C20H25N7O2/c1-4-16(28)23-14-9-10-15(12(14)3)24-20-25-19(17(18(21)29)26-27-20)22-13-7-5-11(2)6-8-13/h4-8,12,14-15H,1,9-10H2,2-3H3,(H2,21,29)(H,23,28)(H2,22,24,25,27)/t12-,14?,15+/m0/s1. The van der Waals surface area contributed by atoms with Gasteiger partial charge in [-0.05, 0) is 43.9 Å². The smallest absolute Gasteiger partial charge is 0.273 e. The molecule has 1 aliphatic rings. The van der Waals surface area contributed by atoms with E-state index < -0.39 is 5.91 Å². The van der Waals surface area contributed by atoms with Gasteiger partial charge in [-0.3, -0.25) is 9.59 Å². The van der Waals surface area contributed by atoms with Crippen molar-refractivity contribution in [1.82, 2.24) is 20.5 Å². The molecule has 1 aliphatic carbocycles. The predicted molar refractivity (Wildman–Crippen MR) is 111 cm³/mol. The van der Waals surface area contributed by atoms with E-state index in [0.717, 1.165) is 24.1 Å². The van der Waals surface area contributed by atoms with E-state index in [1.807, 2.05) is 31.2 Å². The molecular formula is C20H25N7O2. The number of nitrogens with two attached hydrogens (primary N) is 1. The summed E-state index contributed by atoms with van der Waals surface area (Å²) in [5.41, 5.74) is 7.25. The van der Waals surface area contributed by atoms with Crippen molar-refractivity contribution in [1.29, 1.82) is 0 Å². The first-order chi connectivity index (χ1) is 13.9. The summed E-state index contributed by atoms with van der Waals surface area (Å²) in [5.74, 6) is -0.214. The molecule has 152 valence electrons. The van der Waals surface area contributed by atoms with Crippen molar-refractivity contribution < 1.29 is 9.59 Å². The fraction of sp³-hybridized carbons (Fsp3) is 0.350. The molecule has 1 saturated carbocycles. The van der Waals surface area contributed by atoms with Crippen molar-refractivity contribution >= 4 is 29.3 Å². The Morgan fingerprint density at radius 3 is 2.52 bits per heavy atom. The maximum absolute atomic E-state index is 11.7. The Balaban J connectivity index is 1.76. The molecule has 9 heteroatoms. The molecule has 0 spiro atoms. The number of hydrogen-bond donors (Lipinski definition) is 4. The molecule has 0 radical (unpaired) electrons. The molecule has 1 fully saturated rings.